The van der Waals surface area contributed by atoms with E-state index in [-0.39, 0.29) is 5.91 Å². The molecule has 10 heteroatoms. The van der Waals surface area contributed by atoms with E-state index in [1.165, 1.54) is 14.2 Å². The van der Waals surface area contributed by atoms with Gasteiger partial charge in [-0.15, -0.1) is 0 Å². The van der Waals surface area contributed by atoms with E-state index < -0.39 is 43.2 Å². The van der Waals surface area contributed by atoms with Crippen LogP contribution in [-0.2, 0) is 16.5 Å². The summed E-state index contributed by atoms with van der Waals surface area (Å²) in [6, 6.07) is 15.1. The molecule has 3 aromatic carbocycles. The number of hydrogen-bond acceptors (Lipinski definition) is 7. The minimum Gasteiger partial charge on any atom is -0.394 e. The number of aliphatic hydroxyl groups is 3. The second kappa shape index (κ2) is 8.35. The van der Waals surface area contributed by atoms with Gasteiger partial charge in [-0.25, -0.2) is 0 Å². The van der Waals surface area contributed by atoms with Crippen LogP contribution in [0.25, 0.3) is 43.6 Å². The lowest BCUT2D eigenvalue weighted by molar-refractivity contribution is -0.255. The average Bonchev–Trinajstić information content (AvgIpc) is 3.52. The molecule has 3 N–H and O–H groups in total. The van der Waals surface area contributed by atoms with Gasteiger partial charge in [-0.05, 0) is 12.1 Å². The van der Waals surface area contributed by atoms with E-state index in [0.29, 0.717) is 43.8 Å². The van der Waals surface area contributed by atoms with Crippen molar-refractivity contribution in [1.29, 1.82) is 0 Å². The third-order valence-corrected chi connectivity index (χ3v) is 8.39. The molecule has 0 aliphatic carbocycles. The van der Waals surface area contributed by atoms with Gasteiger partial charge in [0.15, 0.2) is 6.23 Å². The first-order chi connectivity index (χ1) is 18.8. The maximum atomic E-state index is 13.7. The number of nitrogens with zero attached hydrogens (tertiary/aromatic N) is 3. The highest BCUT2D eigenvalue weighted by Gasteiger charge is 2.47. The first-order valence-corrected chi connectivity index (χ1v) is 12.7. The maximum Gasteiger partial charge on any atom is 0.262 e. The van der Waals surface area contributed by atoms with Crippen molar-refractivity contribution in [3.05, 3.63) is 59.7 Å². The lowest BCUT2D eigenvalue weighted by atomic mass is 9.96. The number of rotatable bonds is 3. The number of hydrogen-bond donors (Lipinski definition) is 3. The lowest BCUT2D eigenvalue weighted by Gasteiger charge is -2.42. The van der Waals surface area contributed by atoms with Crippen LogP contribution < -0.4 is 0 Å². The molecule has 4 heterocycles. The van der Waals surface area contributed by atoms with E-state index in [2.05, 4.69) is 0 Å². The summed E-state index contributed by atoms with van der Waals surface area (Å²) in [5, 5.41) is 35.2. The molecule has 2 amide bonds. The van der Waals surface area contributed by atoms with Crippen molar-refractivity contribution in [2.75, 3.05) is 20.8 Å². The van der Waals surface area contributed by atoms with Crippen LogP contribution in [0.3, 0.4) is 0 Å². The van der Waals surface area contributed by atoms with E-state index in [9.17, 15) is 24.9 Å². The van der Waals surface area contributed by atoms with E-state index in [4.69, 9.17) is 9.47 Å². The molecule has 1 fully saturated rings. The fraction of sp³-hybridized carbons (Fsp3) is 0.310. The molecule has 0 bridgehead atoms. The highest BCUT2D eigenvalue weighted by atomic mass is 16.6. The maximum absolute atomic E-state index is 13.7. The Kier molecular flexibility index (Phi) is 5.19. The summed E-state index contributed by atoms with van der Waals surface area (Å²) >= 11 is 0. The number of fused-ring (bicyclic) bond motifs is 10. The number of methoxy groups -OCH3 is 1. The SMILES string of the molecule is CO[C@H]1[C@H](O)[C@@H](O)[C@H](n2c3ccccc3c3c4c(c5c6ccccc6n(C)c5c32)C(=O)N(C)C4=O)O[C@@H]1CO. The second-order valence-corrected chi connectivity index (χ2v) is 10.3. The topological polar surface area (TPSA) is 126 Å². The average molecular weight is 530 g/mol. The molecule has 10 nitrogen and oxygen atoms in total. The largest absolute Gasteiger partial charge is 0.394 e. The molecule has 5 atom stereocenters. The smallest absolute Gasteiger partial charge is 0.262 e. The zero-order chi connectivity index (χ0) is 27.3. The number of aryl methyl sites for hydroxylation is 1. The molecule has 0 radical (unpaired) electrons. The van der Waals surface area contributed by atoms with Gasteiger partial charge in [-0.2, -0.15) is 0 Å². The van der Waals surface area contributed by atoms with E-state index in [1.54, 1.807) is 4.57 Å². The zero-order valence-corrected chi connectivity index (χ0v) is 21.5. The van der Waals surface area contributed by atoms with Gasteiger partial charge < -0.3 is 33.9 Å². The molecule has 39 heavy (non-hydrogen) atoms. The number of amides is 2. The van der Waals surface area contributed by atoms with Crippen LogP contribution in [0.5, 0.6) is 0 Å². The van der Waals surface area contributed by atoms with Crippen LogP contribution in [0.2, 0.25) is 0 Å². The van der Waals surface area contributed by atoms with Crippen LogP contribution in [0, 0.1) is 0 Å². The Bertz CT molecular complexity index is 1850. The number of ether oxygens (including phenoxy) is 2. The Morgan fingerprint density at radius 2 is 1.41 bits per heavy atom. The van der Waals surface area contributed by atoms with Crippen molar-refractivity contribution in [3.63, 3.8) is 0 Å². The molecule has 0 unspecified atom stereocenters. The summed E-state index contributed by atoms with van der Waals surface area (Å²) in [5.74, 6) is -0.779. The molecule has 2 aliphatic heterocycles. The highest BCUT2D eigenvalue weighted by Crippen LogP contribution is 2.47. The zero-order valence-electron chi connectivity index (χ0n) is 21.5. The van der Waals surface area contributed by atoms with Crippen molar-refractivity contribution in [2.24, 2.45) is 7.05 Å². The van der Waals surface area contributed by atoms with Gasteiger partial charge in [0.05, 0.1) is 34.3 Å². The fourth-order valence-electron chi connectivity index (χ4n) is 6.61. The summed E-state index contributed by atoms with van der Waals surface area (Å²) in [5.41, 5.74) is 3.44. The van der Waals surface area contributed by atoms with Crippen LogP contribution in [0.1, 0.15) is 26.9 Å². The van der Waals surface area contributed by atoms with Gasteiger partial charge in [0.2, 0.25) is 0 Å². The summed E-state index contributed by atoms with van der Waals surface area (Å²) in [7, 11) is 4.76. The molecule has 0 saturated carbocycles. The van der Waals surface area contributed by atoms with Gasteiger partial charge in [0, 0.05) is 48.3 Å². The summed E-state index contributed by atoms with van der Waals surface area (Å²) in [6.45, 7) is -0.438. The third kappa shape index (κ3) is 2.92. The number of para-hydroxylation sites is 2. The van der Waals surface area contributed by atoms with Gasteiger partial charge >= 0.3 is 0 Å². The van der Waals surface area contributed by atoms with Crippen molar-refractivity contribution >= 4 is 55.4 Å². The van der Waals surface area contributed by atoms with Crippen molar-refractivity contribution < 1.29 is 34.4 Å². The Balaban J connectivity index is 1.71. The van der Waals surface area contributed by atoms with Crippen LogP contribution in [0.4, 0.5) is 0 Å². The third-order valence-electron chi connectivity index (χ3n) is 8.39. The van der Waals surface area contributed by atoms with Crippen LogP contribution in [-0.4, -0.2) is 86.3 Å². The number of benzene rings is 3. The molecule has 200 valence electrons. The van der Waals surface area contributed by atoms with Gasteiger partial charge in [0.1, 0.15) is 24.4 Å². The predicted octanol–water partition coefficient (Wildman–Crippen LogP) is 2.29. The minimum atomic E-state index is -1.42. The minimum absolute atomic E-state index is 0.302. The number of aliphatic hydroxyl groups excluding tert-OH is 3. The number of carbonyl (C=O) groups is 2. The first kappa shape index (κ1) is 24.3. The van der Waals surface area contributed by atoms with Crippen molar-refractivity contribution in [2.45, 2.75) is 30.6 Å². The van der Waals surface area contributed by atoms with E-state index in [0.717, 1.165) is 15.8 Å². The van der Waals surface area contributed by atoms with Crippen molar-refractivity contribution in [1.82, 2.24) is 14.0 Å². The molecular formula is C29H27N3O7. The van der Waals surface area contributed by atoms with Gasteiger partial charge in [0.25, 0.3) is 11.8 Å². The van der Waals surface area contributed by atoms with Crippen LogP contribution >= 0.6 is 0 Å². The number of imide groups is 1. The first-order valence-electron chi connectivity index (χ1n) is 12.7. The Morgan fingerprint density at radius 1 is 0.846 bits per heavy atom. The van der Waals surface area contributed by atoms with E-state index >= 15 is 0 Å². The summed E-state index contributed by atoms with van der Waals surface area (Å²) < 4.78 is 15.3. The normalized spacial score (nSPS) is 25.6. The van der Waals surface area contributed by atoms with Gasteiger partial charge in [-0.1, -0.05) is 36.4 Å². The second-order valence-electron chi connectivity index (χ2n) is 10.3. The molecule has 2 aliphatic rings. The molecule has 2 aromatic heterocycles. The predicted molar refractivity (Wildman–Crippen MR) is 144 cm³/mol. The highest BCUT2D eigenvalue weighted by molar-refractivity contribution is 6.39. The van der Waals surface area contributed by atoms with Crippen LogP contribution in [0.15, 0.2) is 48.5 Å². The Hall–Kier alpha value is -3.80. The quantitative estimate of drug-likeness (QED) is 0.306. The standard InChI is InChI=1S/C29H27N3O7/c1-30-15-10-6-4-8-13(15)18-20-21(28(37)31(2)27(20)36)19-14-9-5-7-11-16(14)32(23(19)22(18)30)29-25(35)24(34)26(38-3)17(12-33)39-29/h4-11,17,24-26,29,33-35H,12H2,1-3H3/t17-,24-,25-,26-,29-/m1/s1. The number of carbonyl (C=O) groups excluding carboxylic acids is 2. The number of aromatic nitrogens is 2. The molecule has 1 saturated heterocycles. The van der Waals surface area contributed by atoms with E-state index in [1.807, 2.05) is 60.1 Å². The lowest BCUT2D eigenvalue weighted by Crippen LogP contribution is -2.57. The Morgan fingerprint density at radius 3 is 2.03 bits per heavy atom. The molecule has 5 aromatic rings. The fourth-order valence-corrected chi connectivity index (χ4v) is 6.61. The molecule has 7 rings (SSSR count). The van der Waals surface area contributed by atoms with Gasteiger partial charge in [-0.3, -0.25) is 14.5 Å². The van der Waals surface area contributed by atoms with Crippen molar-refractivity contribution in [3.8, 4) is 0 Å². The molecular weight excluding hydrogens is 502 g/mol. The Labute approximate surface area is 222 Å². The molecule has 0 spiro atoms. The summed E-state index contributed by atoms with van der Waals surface area (Å²) in [4.78, 5) is 28.3. The monoisotopic (exact) mass is 529 g/mol. The summed E-state index contributed by atoms with van der Waals surface area (Å²) in [6.07, 6.45) is -5.76.